The lowest BCUT2D eigenvalue weighted by molar-refractivity contribution is -0.134. The summed E-state index contributed by atoms with van der Waals surface area (Å²) in [6, 6.07) is 0. The number of hydrogen-bond donors (Lipinski definition) is 3. The van der Waals surface area contributed by atoms with Crippen molar-refractivity contribution >= 4 is 34.5 Å². The number of rotatable bonds is 2. The van der Waals surface area contributed by atoms with Crippen LogP contribution in [-0.2, 0) is 9.53 Å². The summed E-state index contributed by atoms with van der Waals surface area (Å²) in [4.78, 5) is 23.6. The highest BCUT2D eigenvalue weighted by atomic mass is 35.5. The second kappa shape index (κ2) is 5.10. The molecule has 2 aromatic rings. The van der Waals surface area contributed by atoms with Crippen LogP contribution >= 0.6 is 11.6 Å². The third kappa shape index (κ3) is 2.28. The quantitative estimate of drug-likeness (QED) is 0.635. The molecular weight excluding hydrogens is 300 g/mol. The number of carbonyl (C=O) groups is 1. The van der Waals surface area contributed by atoms with Gasteiger partial charge in [-0.1, -0.05) is 0 Å². The number of fused-ring (bicyclic) bond motifs is 1. The van der Waals surface area contributed by atoms with Crippen molar-refractivity contribution in [1.29, 1.82) is 0 Å². The molecule has 9 nitrogen and oxygen atoms in total. The SMILES string of the molecule is CNC(=O)[C@@H]1C[C@@H](O)[C@H](n2cnc3c(N)nc(Cl)nc32)O1. The Morgan fingerprint density at radius 2 is 2.38 bits per heavy atom. The number of anilines is 1. The fourth-order valence-electron chi connectivity index (χ4n) is 2.33. The van der Waals surface area contributed by atoms with Crippen molar-refractivity contribution in [2.75, 3.05) is 12.8 Å². The molecule has 0 spiro atoms. The average molecular weight is 313 g/mol. The number of nitrogen functional groups attached to an aromatic ring is 1. The molecule has 3 rings (SSSR count). The van der Waals surface area contributed by atoms with E-state index < -0.39 is 18.4 Å². The Morgan fingerprint density at radius 1 is 1.62 bits per heavy atom. The van der Waals surface area contributed by atoms with Crippen molar-refractivity contribution in [3.63, 3.8) is 0 Å². The van der Waals surface area contributed by atoms with Gasteiger partial charge in [-0.2, -0.15) is 9.97 Å². The fraction of sp³-hybridized carbons (Fsp3) is 0.455. The first-order chi connectivity index (χ1) is 10.0. The van der Waals surface area contributed by atoms with Crippen molar-refractivity contribution in [3.8, 4) is 0 Å². The van der Waals surface area contributed by atoms with Gasteiger partial charge in [-0.25, -0.2) is 4.98 Å². The van der Waals surface area contributed by atoms with E-state index in [0.717, 1.165) is 0 Å². The third-order valence-electron chi connectivity index (χ3n) is 3.32. The molecule has 0 aromatic carbocycles. The first kappa shape index (κ1) is 14.0. The minimum Gasteiger partial charge on any atom is -0.388 e. The summed E-state index contributed by atoms with van der Waals surface area (Å²) in [7, 11) is 1.51. The Bertz CT molecular complexity index is 705. The van der Waals surface area contributed by atoms with Gasteiger partial charge in [0.2, 0.25) is 11.2 Å². The lowest BCUT2D eigenvalue weighted by Gasteiger charge is -2.16. The van der Waals surface area contributed by atoms with E-state index in [4.69, 9.17) is 22.1 Å². The Labute approximate surface area is 124 Å². The molecule has 1 aliphatic rings. The molecule has 1 saturated heterocycles. The van der Waals surface area contributed by atoms with Crippen molar-refractivity contribution in [3.05, 3.63) is 11.6 Å². The summed E-state index contributed by atoms with van der Waals surface area (Å²) >= 11 is 5.79. The van der Waals surface area contributed by atoms with E-state index in [1.54, 1.807) is 0 Å². The van der Waals surface area contributed by atoms with Crippen LogP contribution in [0.15, 0.2) is 6.33 Å². The van der Waals surface area contributed by atoms with Crippen molar-refractivity contribution < 1.29 is 14.6 Å². The molecule has 0 radical (unpaired) electrons. The van der Waals surface area contributed by atoms with Gasteiger partial charge >= 0.3 is 0 Å². The molecule has 0 unspecified atom stereocenters. The Hall–Kier alpha value is -1.97. The van der Waals surface area contributed by atoms with Crippen LogP contribution in [0.5, 0.6) is 0 Å². The number of nitrogens with two attached hydrogens (primary N) is 1. The zero-order chi connectivity index (χ0) is 15.1. The topological polar surface area (TPSA) is 128 Å². The van der Waals surface area contributed by atoms with E-state index in [9.17, 15) is 9.90 Å². The lowest BCUT2D eigenvalue weighted by Crippen LogP contribution is -2.31. The average Bonchev–Trinajstić information content (AvgIpc) is 3.01. The predicted octanol–water partition coefficient (Wildman–Crippen LogP) is -0.544. The van der Waals surface area contributed by atoms with Crippen LogP contribution in [0.4, 0.5) is 5.82 Å². The van der Waals surface area contributed by atoms with Gasteiger partial charge in [-0.05, 0) is 11.6 Å². The molecular formula is C11H13ClN6O3. The van der Waals surface area contributed by atoms with E-state index >= 15 is 0 Å². The number of amides is 1. The van der Waals surface area contributed by atoms with Gasteiger partial charge in [-0.15, -0.1) is 0 Å². The Balaban J connectivity index is 1.99. The maximum absolute atomic E-state index is 11.6. The number of nitrogens with zero attached hydrogens (tertiary/aromatic N) is 4. The first-order valence-electron chi connectivity index (χ1n) is 6.22. The molecule has 3 atom stereocenters. The number of hydrogen-bond acceptors (Lipinski definition) is 7. The maximum atomic E-state index is 11.6. The summed E-state index contributed by atoms with van der Waals surface area (Å²) in [5.74, 6) is -0.160. The second-order valence-electron chi connectivity index (χ2n) is 4.63. The molecule has 0 saturated carbocycles. The molecule has 0 aliphatic carbocycles. The van der Waals surface area contributed by atoms with E-state index in [-0.39, 0.29) is 23.4 Å². The molecule has 1 amide bonds. The first-order valence-corrected chi connectivity index (χ1v) is 6.59. The molecule has 3 heterocycles. The van der Waals surface area contributed by atoms with Crippen LogP contribution < -0.4 is 11.1 Å². The molecule has 0 bridgehead atoms. The number of carbonyl (C=O) groups excluding carboxylic acids is 1. The van der Waals surface area contributed by atoms with Crippen LogP contribution in [0, 0.1) is 0 Å². The van der Waals surface area contributed by atoms with Crippen molar-refractivity contribution in [2.45, 2.75) is 24.9 Å². The molecule has 21 heavy (non-hydrogen) atoms. The molecule has 1 fully saturated rings. The summed E-state index contributed by atoms with van der Waals surface area (Å²) in [5.41, 5.74) is 6.42. The van der Waals surface area contributed by atoms with Gasteiger partial charge in [0, 0.05) is 13.5 Å². The number of aliphatic hydroxyl groups excluding tert-OH is 1. The van der Waals surface area contributed by atoms with E-state index in [0.29, 0.717) is 11.2 Å². The minimum atomic E-state index is -0.875. The van der Waals surface area contributed by atoms with E-state index in [1.165, 1.54) is 17.9 Å². The maximum Gasteiger partial charge on any atom is 0.249 e. The summed E-state index contributed by atoms with van der Waals surface area (Å²) in [6.07, 6.45) is -0.797. The molecule has 112 valence electrons. The molecule has 10 heteroatoms. The third-order valence-corrected chi connectivity index (χ3v) is 3.49. The van der Waals surface area contributed by atoms with Crippen LogP contribution in [0.1, 0.15) is 12.6 Å². The number of likely N-dealkylation sites (N-methyl/N-ethyl adjacent to an activating group) is 1. The van der Waals surface area contributed by atoms with Gasteiger partial charge < -0.3 is 20.9 Å². The normalized spacial score (nSPS) is 25.4. The molecule has 4 N–H and O–H groups in total. The largest absolute Gasteiger partial charge is 0.388 e. The number of nitrogens with one attached hydrogen (secondary N) is 1. The predicted molar refractivity (Wildman–Crippen MR) is 73.3 cm³/mol. The van der Waals surface area contributed by atoms with Gasteiger partial charge in [0.1, 0.15) is 17.7 Å². The van der Waals surface area contributed by atoms with Gasteiger partial charge in [0.25, 0.3) is 0 Å². The standard InChI is InChI=1S/C11H13ClN6O3/c1-14-9(20)5-2-4(19)10(21-5)18-3-15-6-7(13)16-11(12)17-8(6)18/h3-5,10,19H,2H2,1H3,(H,14,20)(H2,13,16,17)/t4-,5+,10-/m1/s1. The summed E-state index contributed by atoms with van der Waals surface area (Å²) in [5, 5.41) is 12.6. The van der Waals surface area contributed by atoms with E-state index in [1.807, 2.05) is 0 Å². The Morgan fingerprint density at radius 3 is 3.10 bits per heavy atom. The smallest absolute Gasteiger partial charge is 0.249 e. The minimum absolute atomic E-state index is 0.0305. The van der Waals surface area contributed by atoms with Crippen LogP contribution in [0.3, 0.4) is 0 Å². The number of aliphatic hydroxyl groups is 1. The van der Waals surface area contributed by atoms with E-state index in [2.05, 4.69) is 20.3 Å². The second-order valence-corrected chi connectivity index (χ2v) is 4.97. The highest BCUT2D eigenvalue weighted by molar-refractivity contribution is 6.28. The van der Waals surface area contributed by atoms with Gasteiger partial charge in [-0.3, -0.25) is 9.36 Å². The van der Waals surface area contributed by atoms with Crippen molar-refractivity contribution in [2.24, 2.45) is 0 Å². The van der Waals surface area contributed by atoms with Gasteiger partial charge in [0.15, 0.2) is 17.7 Å². The van der Waals surface area contributed by atoms with Gasteiger partial charge in [0.05, 0.1) is 6.33 Å². The Kier molecular flexibility index (Phi) is 3.40. The summed E-state index contributed by atoms with van der Waals surface area (Å²) < 4.78 is 7.07. The molecule has 1 aliphatic heterocycles. The number of halogens is 1. The monoisotopic (exact) mass is 312 g/mol. The van der Waals surface area contributed by atoms with Crippen LogP contribution in [0.25, 0.3) is 11.2 Å². The number of imidazole rings is 1. The molecule has 2 aromatic heterocycles. The van der Waals surface area contributed by atoms with Crippen LogP contribution in [0.2, 0.25) is 5.28 Å². The van der Waals surface area contributed by atoms with Crippen LogP contribution in [-0.4, -0.2) is 49.8 Å². The zero-order valence-electron chi connectivity index (χ0n) is 11.0. The summed E-state index contributed by atoms with van der Waals surface area (Å²) in [6.45, 7) is 0. The fourth-order valence-corrected chi connectivity index (χ4v) is 2.50. The number of aromatic nitrogens is 4. The number of ether oxygens (including phenoxy) is 1. The lowest BCUT2D eigenvalue weighted by atomic mass is 10.2. The van der Waals surface area contributed by atoms with Crippen molar-refractivity contribution in [1.82, 2.24) is 24.8 Å². The highest BCUT2D eigenvalue weighted by Crippen LogP contribution is 2.32. The highest BCUT2D eigenvalue weighted by Gasteiger charge is 2.39. The zero-order valence-corrected chi connectivity index (χ0v) is 11.8.